The molecule has 8 heteroatoms. The van der Waals surface area contributed by atoms with Gasteiger partial charge in [0.15, 0.2) is 5.82 Å². The van der Waals surface area contributed by atoms with Crippen molar-refractivity contribution in [3.8, 4) is 5.75 Å². The minimum Gasteiger partial charge on any atom is -0.506 e. The molecule has 29 heavy (non-hydrogen) atoms. The van der Waals surface area contributed by atoms with Gasteiger partial charge in [0.1, 0.15) is 18.0 Å². The van der Waals surface area contributed by atoms with E-state index in [0.29, 0.717) is 9.69 Å². The highest BCUT2D eigenvalue weighted by Gasteiger charge is 2.37. The third kappa shape index (κ3) is 3.75. The van der Waals surface area contributed by atoms with Crippen LogP contribution >= 0.6 is 0 Å². The second-order valence-corrected chi connectivity index (χ2v) is 8.58. The Balaban J connectivity index is 1.65. The van der Waals surface area contributed by atoms with Gasteiger partial charge in [-0.05, 0) is 47.9 Å². The number of carbonyl (C=O) groups excluding carboxylic acids is 1. The van der Waals surface area contributed by atoms with Crippen LogP contribution in [0.2, 0.25) is 0 Å². The Kier molecular flexibility index (Phi) is 4.87. The number of rotatable bonds is 5. The minimum atomic E-state index is -4.22. The Hall–Kier alpha value is -3.13. The van der Waals surface area contributed by atoms with Crippen LogP contribution in [0.4, 0.5) is 10.1 Å². The number of phenols is 1. The minimum absolute atomic E-state index is 0.199. The van der Waals surface area contributed by atoms with Crippen molar-refractivity contribution in [2.75, 3.05) is 10.8 Å². The van der Waals surface area contributed by atoms with Crippen LogP contribution in [0.1, 0.15) is 17.5 Å². The fourth-order valence-electron chi connectivity index (χ4n) is 3.55. The quantitative estimate of drug-likeness (QED) is 0.672. The van der Waals surface area contributed by atoms with Crippen LogP contribution in [-0.2, 0) is 27.8 Å². The first-order valence-electron chi connectivity index (χ1n) is 9.16. The molecule has 1 heterocycles. The zero-order valence-corrected chi connectivity index (χ0v) is 16.2. The summed E-state index contributed by atoms with van der Waals surface area (Å²) in [6.07, 6.45) is 2.49. The SMILES string of the molecule is O=C1CN(c2c(O)cc3ccc(CCCc4ccccc4)cc3c2F)S(=O)(=O)N1. The number of nitrogens with zero attached hydrogens (tertiary/aromatic N) is 1. The highest BCUT2D eigenvalue weighted by molar-refractivity contribution is 7.92. The molecule has 0 radical (unpaired) electrons. The summed E-state index contributed by atoms with van der Waals surface area (Å²) in [5, 5.41) is 10.9. The van der Waals surface area contributed by atoms with E-state index in [1.165, 1.54) is 11.6 Å². The van der Waals surface area contributed by atoms with Crippen LogP contribution in [0, 0.1) is 5.82 Å². The lowest BCUT2D eigenvalue weighted by Gasteiger charge is -2.18. The maximum Gasteiger partial charge on any atom is 0.326 e. The Labute approximate surface area is 167 Å². The fraction of sp³-hybridized carbons (Fsp3) is 0.190. The molecular formula is C21H19FN2O4S. The van der Waals surface area contributed by atoms with E-state index < -0.39 is 39.9 Å². The van der Waals surface area contributed by atoms with Gasteiger partial charge in [0.05, 0.1) is 0 Å². The van der Waals surface area contributed by atoms with Gasteiger partial charge in [0, 0.05) is 5.39 Å². The summed E-state index contributed by atoms with van der Waals surface area (Å²) in [6, 6.07) is 16.6. The first-order chi connectivity index (χ1) is 13.8. The van der Waals surface area contributed by atoms with E-state index in [-0.39, 0.29) is 5.39 Å². The lowest BCUT2D eigenvalue weighted by molar-refractivity contribution is -0.117. The van der Waals surface area contributed by atoms with E-state index in [4.69, 9.17) is 0 Å². The summed E-state index contributed by atoms with van der Waals surface area (Å²) in [7, 11) is -4.22. The summed E-state index contributed by atoms with van der Waals surface area (Å²) in [6.45, 7) is -0.574. The summed E-state index contributed by atoms with van der Waals surface area (Å²) < 4.78 is 41.7. The summed E-state index contributed by atoms with van der Waals surface area (Å²) >= 11 is 0. The summed E-state index contributed by atoms with van der Waals surface area (Å²) in [4.78, 5) is 11.5. The molecule has 0 aliphatic carbocycles. The van der Waals surface area contributed by atoms with Crippen molar-refractivity contribution in [2.45, 2.75) is 19.3 Å². The summed E-state index contributed by atoms with van der Waals surface area (Å²) in [5.74, 6) is -2.18. The second-order valence-electron chi connectivity index (χ2n) is 6.99. The van der Waals surface area contributed by atoms with Crippen molar-refractivity contribution in [3.05, 3.63) is 71.5 Å². The summed E-state index contributed by atoms with van der Waals surface area (Å²) in [5.41, 5.74) is 1.61. The van der Waals surface area contributed by atoms with Gasteiger partial charge >= 0.3 is 10.2 Å². The van der Waals surface area contributed by atoms with Gasteiger partial charge in [0.2, 0.25) is 0 Å². The Morgan fingerprint density at radius 3 is 2.45 bits per heavy atom. The first kappa shape index (κ1) is 19.2. The zero-order valence-electron chi connectivity index (χ0n) is 15.4. The Morgan fingerprint density at radius 1 is 1.03 bits per heavy atom. The molecule has 0 atom stereocenters. The number of hydrogen-bond donors (Lipinski definition) is 2. The van der Waals surface area contributed by atoms with Crippen LogP contribution in [0.25, 0.3) is 10.8 Å². The monoisotopic (exact) mass is 414 g/mol. The molecule has 0 unspecified atom stereocenters. The average Bonchev–Trinajstić information content (AvgIpc) is 2.95. The number of nitrogens with one attached hydrogen (secondary N) is 1. The van der Waals surface area contributed by atoms with Crippen LogP contribution in [0.15, 0.2) is 54.6 Å². The predicted molar refractivity (Wildman–Crippen MR) is 108 cm³/mol. The molecule has 1 saturated heterocycles. The number of aryl methyl sites for hydroxylation is 2. The normalized spacial score (nSPS) is 15.6. The van der Waals surface area contributed by atoms with Crippen molar-refractivity contribution in [3.63, 3.8) is 0 Å². The first-order valence-corrected chi connectivity index (χ1v) is 10.6. The largest absolute Gasteiger partial charge is 0.506 e. The van der Waals surface area contributed by atoms with Crippen molar-refractivity contribution in [1.29, 1.82) is 0 Å². The molecule has 0 bridgehead atoms. The third-order valence-electron chi connectivity index (χ3n) is 4.94. The number of fused-ring (bicyclic) bond motifs is 1. The topological polar surface area (TPSA) is 86.7 Å². The van der Waals surface area contributed by atoms with Crippen LogP contribution < -0.4 is 9.03 Å². The van der Waals surface area contributed by atoms with Gasteiger partial charge in [-0.15, -0.1) is 0 Å². The van der Waals surface area contributed by atoms with E-state index in [2.05, 4.69) is 12.1 Å². The zero-order chi connectivity index (χ0) is 20.6. The molecular weight excluding hydrogens is 395 g/mol. The Bertz CT molecular complexity index is 1200. The Morgan fingerprint density at radius 2 is 1.76 bits per heavy atom. The van der Waals surface area contributed by atoms with Crippen molar-refractivity contribution < 1.29 is 22.7 Å². The van der Waals surface area contributed by atoms with E-state index in [9.17, 15) is 18.3 Å². The smallest absolute Gasteiger partial charge is 0.326 e. The maximum absolute atomic E-state index is 15.2. The lowest BCUT2D eigenvalue weighted by atomic mass is 10.00. The van der Waals surface area contributed by atoms with Gasteiger partial charge < -0.3 is 5.11 Å². The molecule has 1 aliphatic rings. The number of aromatic hydroxyl groups is 1. The van der Waals surface area contributed by atoms with Crippen LogP contribution in [0.3, 0.4) is 0 Å². The number of amides is 1. The molecule has 6 nitrogen and oxygen atoms in total. The highest BCUT2D eigenvalue weighted by atomic mass is 32.2. The van der Waals surface area contributed by atoms with E-state index in [1.54, 1.807) is 16.9 Å². The van der Waals surface area contributed by atoms with Crippen molar-refractivity contribution >= 4 is 32.6 Å². The number of phenolic OH excluding ortho intramolecular Hbond substituents is 1. The molecule has 0 spiro atoms. The van der Waals surface area contributed by atoms with Crippen LogP contribution in [-0.4, -0.2) is 26.0 Å². The molecule has 0 saturated carbocycles. The van der Waals surface area contributed by atoms with Gasteiger partial charge in [-0.1, -0.05) is 42.5 Å². The number of carbonyl (C=O) groups is 1. The molecule has 1 fully saturated rings. The van der Waals surface area contributed by atoms with Gasteiger partial charge in [-0.25, -0.2) is 13.4 Å². The van der Waals surface area contributed by atoms with E-state index >= 15 is 4.39 Å². The second kappa shape index (κ2) is 7.36. The maximum atomic E-state index is 15.2. The standard InChI is InChI=1S/C21H19FN2O4S/c22-20-17-11-15(8-4-7-14-5-2-1-3-6-14)9-10-16(17)12-18(25)21(20)24-13-19(26)23-29(24,27)28/h1-3,5-6,9-12,25H,4,7-8,13H2,(H,23,26). The third-order valence-corrected chi connectivity index (χ3v) is 6.32. The van der Waals surface area contributed by atoms with Gasteiger partial charge in [0.25, 0.3) is 5.91 Å². The number of benzene rings is 3. The average molecular weight is 414 g/mol. The lowest BCUT2D eigenvalue weighted by Crippen LogP contribution is -2.30. The predicted octanol–water partition coefficient (Wildman–Crippen LogP) is 3.04. The molecule has 4 rings (SSSR count). The fourth-order valence-corrected chi connectivity index (χ4v) is 4.72. The molecule has 2 N–H and O–H groups in total. The van der Waals surface area contributed by atoms with Crippen molar-refractivity contribution in [1.82, 2.24) is 4.72 Å². The van der Waals surface area contributed by atoms with Gasteiger partial charge in [-0.2, -0.15) is 8.42 Å². The number of anilines is 1. The number of hydrogen-bond acceptors (Lipinski definition) is 4. The molecule has 1 amide bonds. The molecule has 3 aromatic carbocycles. The van der Waals surface area contributed by atoms with Crippen molar-refractivity contribution in [2.24, 2.45) is 0 Å². The molecule has 3 aromatic rings. The number of halogens is 1. The van der Waals surface area contributed by atoms with E-state index in [1.807, 2.05) is 24.3 Å². The highest BCUT2D eigenvalue weighted by Crippen LogP contribution is 2.38. The molecule has 150 valence electrons. The van der Waals surface area contributed by atoms with Crippen LogP contribution in [0.5, 0.6) is 5.75 Å². The molecule has 1 aliphatic heterocycles. The van der Waals surface area contributed by atoms with Gasteiger partial charge in [-0.3, -0.25) is 4.79 Å². The van der Waals surface area contributed by atoms with E-state index in [0.717, 1.165) is 24.8 Å². The molecule has 0 aromatic heterocycles.